The Morgan fingerprint density at radius 2 is 2.16 bits per heavy atom. The fourth-order valence-corrected chi connectivity index (χ4v) is 2.69. The Kier molecular flexibility index (Phi) is 4.83. The van der Waals surface area contributed by atoms with Gasteiger partial charge in [0.25, 0.3) is 5.91 Å². The molecule has 0 fully saturated rings. The van der Waals surface area contributed by atoms with Gasteiger partial charge in [-0.15, -0.1) is 0 Å². The van der Waals surface area contributed by atoms with Crippen LogP contribution in [0.2, 0.25) is 0 Å². The third-order valence-corrected chi connectivity index (χ3v) is 3.99. The van der Waals surface area contributed by atoms with Gasteiger partial charge < -0.3 is 14.2 Å². The lowest BCUT2D eigenvalue weighted by atomic mass is 10.0. The second-order valence-corrected chi connectivity index (χ2v) is 6.16. The standard InChI is InChI=1S/C18H18F2N2O3/c1-11(2)17-4-3-7-22(17)18(23)16-9-13(25-21-16)10-24-12-5-6-14(19)15(20)8-12/h3-6,8-9,11,17H,7,10H2,1-2H3. The average Bonchev–Trinajstić information content (AvgIpc) is 3.24. The maximum absolute atomic E-state index is 13.1. The van der Waals surface area contributed by atoms with Gasteiger partial charge >= 0.3 is 0 Å². The number of benzene rings is 1. The van der Waals surface area contributed by atoms with Gasteiger partial charge in [0, 0.05) is 18.7 Å². The van der Waals surface area contributed by atoms with Crippen LogP contribution >= 0.6 is 0 Å². The molecule has 7 heteroatoms. The van der Waals surface area contributed by atoms with Crippen LogP contribution in [0.3, 0.4) is 0 Å². The van der Waals surface area contributed by atoms with E-state index in [0.29, 0.717) is 18.2 Å². The molecule has 1 amide bonds. The fraction of sp³-hybridized carbons (Fsp3) is 0.333. The fourth-order valence-electron chi connectivity index (χ4n) is 2.69. The molecule has 1 aromatic carbocycles. The van der Waals surface area contributed by atoms with Gasteiger partial charge in [0.05, 0.1) is 6.04 Å². The molecule has 1 unspecified atom stereocenters. The molecule has 0 spiro atoms. The molecular weight excluding hydrogens is 330 g/mol. The van der Waals surface area contributed by atoms with Crippen molar-refractivity contribution >= 4 is 5.91 Å². The lowest BCUT2D eigenvalue weighted by molar-refractivity contribution is 0.0709. The van der Waals surface area contributed by atoms with E-state index in [1.807, 2.05) is 26.0 Å². The molecule has 0 aliphatic carbocycles. The number of nitrogens with zero attached hydrogens (tertiary/aromatic N) is 2. The molecule has 0 saturated heterocycles. The Balaban J connectivity index is 1.64. The van der Waals surface area contributed by atoms with Crippen molar-refractivity contribution in [3.05, 3.63) is 59.5 Å². The third-order valence-electron chi connectivity index (χ3n) is 3.99. The van der Waals surface area contributed by atoms with Crippen molar-refractivity contribution in [3.8, 4) is 5.75 Å². The number of aromatic nitrogens is 1. The summed E-state index contributed by atoms with van der Waals surface area (Å²) in [7, 11) is 0. The Hall–Kier alpha value is -2.70. The average molecular weight is 348 g/mol. The van der Waals surface area contributed by atoms with Crippen molar-refractivity contribution in [1.82, 2.24) is 10.1 Å². The maximum Gasteiger partial charge on any atom is 0.276 e. The molecule has 25 heavy (non-hydrogen) atoms. The van der Waals surface area contributed by atoms with Crippen molar-refractivity contribution in [2.24, 2.45) is 5.92 Å². The number of ether oxygens (including phenoxy) is 1. The van der Waals surface area contributed by atoms with Gasteiger partial charge in [-0.2, -0.15) is 0 Å². The van der Waals surface area contributed by atoms with Gasteiger partial charge in [0.2, 0.25) is 0 Å². The van der Waals surface area contributed by atoms with Gasteiger partial charge in [-0.25, -0.2) is 8.78 Å². The van der Waals surface area contributed by atoms with E-state index in [9.17, 15) is 13.6 Å². The van der Waals surface area contributed by atoms with Gasteiger partial charge in [-0.1, -0.05) is 31.2 Å². The van der Waals surface area contributed by atoms with E-state index in [2.05, 4.69) is 5.16 Å². The van der Waals surface area contributed by atoms with E-state index in [4.69, 9.17) is 9.26 Å². The van der Waals surface area contributed by atoms with E-state index in [0.717, 1.165) is 12.1 Å². The summed E-state index contributed by atoms with van der Waals surface area (Å²) in [6.45, 7) is 4.58. The molecule has 5 nitrogen and oxygen atoms in total. The Bertz CT molecular complexity index is 801. The molecule has 1 aliphatic heterocycles. The summed E-state index contributed by atoms with van der Waals surface area (Å²) in [5.74, 6) is -1.38. The van der Waals surface area contributed by atoms with E-state index in [-0.39, 0.29) is 30.0 Å². The van der Waals surface area contributed by atoms with E-state index in [1.165, 1.54) is 12.1 Å². The minimum Gasteiger partial charge on any atom is -0.485 e. The molecule has 1 aliphatic rings. The molecule has 0 radical (unpaired) electrons. The Morgan fingerprint density at radius 3 is 2.88 bits per heavy atom. The van der Waals surface area contributed by atoms with Gasteiger partial charge in [0.1, 0.15) is 12.4 Å². The summed E-state index contributed by atoms with van der Waals surface area (Å²) >= 11 is 0. The highest BCUT2D eigenvalue weighted by atomic mass is 19.2. The number of rotatable bonds is 5. The second-order valence-electron chi connectivity index (χ2n) is 6.16. The highest BCUT2D eigenvalue weighted by Crippen LogP contribution is 2.21. The molecule has 0 saturated carbocycles. The van der Waals surface area contributed by atoms with E-state index >= 15 is 0 Å². The number of hydrogen-bond acceptors (Lipinski definition) is 4. The Labute approximate surface area is 143 Å². The van der Waals surface area contributed by atoms with Crippen LogP contribution in [0.15, 0.2) is 40.9 Å². The first-order valence-electron chi connectivity index (χ1n) is 7.97. The highest BCUT2D eigenvalue weighted by Gasteiger charge is 2.29. The zero-order valence-corrected chi connectivity index (χ0v) is 13.9. The maximum atomic E-state index is 13.1. The van der Waals surface area contributed by atoms with Crippen molar-refractivity contribution in [2.75, 3.05) is 6.54 Å². The minimum absolute atomic E-state index is 0.0334. The number of halogens is 2. The summed E-state index contributed by atoms with van der Waals surface area (Å²) in [6, 6.07) is 4.76. The van der Waals surface area contributed by atoms with Crippen molar-refractivity contribution in [2.45, 2.75) is 26.5 Å². The van der Waals surface area contributed by atoms with Crippen LogP contribution in [0, 0.1) is 17.6 Å². The highest BCUT2D eigenvalue weighted by molar-refractivity contribution is 5.93. The lowest BCUT2D eigenvalue weighted by Gasteiger charge is -2.26. The number of amides is 1. The molecule has 2 aromatic rings. The lowest BCUT2D eigenvalue weighted by Crippen LogP contribution is -2.39. The van der Waals surface area contributed by atoms with Crippen LogP contribution in [0.25, 0.3) is 0 Å². The zero-order valence-electron chi connectivity index (χ0n) is 13.9. The molecule has 3 rings (SSSR count). The van der Waals surface area contributed by atoms with Crippen LogP contribution in [-0.4, -0.2) is 28.6 Å². The number of hydrogen-bond donors (Lipinski definition) is 0. The topological polar surface area (TPSA) is 55.6 Å². The summed E-state index contributed by atoms with van der Waals surface area (Å²) in [5.41, 5.74) is 0.193. The van der Waals surface area contributed by atoms with Gasteiger partial charge in [-0.3, -0.25) is 4.79 Å². The summed E-state index contributed by atoms with van der Waals surface area (Å²) < 4.78 is 36.5. The quantitative estimate of drug-likeness (QED) is 0.775. The van der Waals surface area contributed by atoms with E-state index in [1.54, 1.807) is 4.90 Å². The third kappa shape index (κ3) is 3.70. The molecular formula is C18H18F2N2O3. The molecule has 0 bridgehead atoms. The van der Waals surface area contributed by atoms with Crippen LogP contribution in [0.5, 0.6) is 5.75 Å². The van der Waals surface area contributed by atoms with Crippen molar-refractivity contribution in [3.63, 3.8) is 0 Å². The number of carbonyl (C=O) groups is 1. The minimum atomic E-state index is -0.993. The predicted molar refractivity (Wildman–Crippen MR) is 86.0 cm³/mol. The summed E-state index contributed by atoms with van der Waals surface area (Å²) in [4.78, 5) is 14.3. The smallest absolute Gasteiger partial charge is 0.276 e. The normalized spacial score (nSPS) is 16.7. The van der Waals surface area contributed by atoms with Crippen molar-refractivity contribution in [1.29, 1.82) is 0 Å². The molecule has 2 heterocycles. The predicted octanol–water partition coefficient (Wildman–Crippen LogP) is 3.57. The van der Waals surface area contributed by atoms with Crippen LogP contribution in [-0.2, 0) is 6.61 Å². The van der Waals surface area contributed by atoms with Crippen LogP contribution in [0.1, 0.15) is 30.1 Å². The second kappa shape index (κ2) is 7.04. The van der Waals surface area contributed by atoms with Gasteiger partial charge in [0.15, 0.2) is 23.1 Å². The monoisotopic (exact) mass is 348 g/mol. The molecule has 1 atom stereocenters. The zero-order chi connectivity index (χ0) is 18.0. The van der Waals surface area contributed by atoms with Crippen molar-refractivity contribution < 1.29 is 22.8 Å². The molecule has 132 valence electrons. The summed E-state index contributed by atoms with van der Waals surface area (Å²) in [6.07, 6.45) is 3.96. The summed E-state index contributed by atoms with van der Waals surface area (Å²) in [5, 5.41) is 3.79. The van der Waals surface area contributed by atoms with Gasteiger partial charge in [-0.05, 0) is 18.1 Å². The molecule has 0 N–H and O–H groups in total. The first kappa shape index (κ1) is 17.1. The Morgan fingerprint density at radius 1 is 1.36 bits per heavy atom. The largest absolute Gasteiger partial charge is 0.485 e. The first-order valence-corrected chi connectivity index (χ1v) is 7.97. The first-order chi connectivity index (χ1) is 12.0. The molecule has 1 aromatic heterocycles. The van der Waals surface area contributed by atoms with E-state index < -0.39 is 11.6 Å². The number of carbonyl (C=O) groups excluding carboxylic acids is 1. The SMILES string of the molecule is CC(C)C1C=CCN1C(=O)c1cc(COc2ccc(F)c(F)c2)on1. The van der Waals surface area contributed by atoms with Crippen LogP contribution < -0.4 is 4.74 Å². The van der Waals surface area contributed by atoms with Crippen LogP contribution in [0.4, 0.5) is 8.78 Å².